The molecule has 3 aromatic rings. The van der Waals surface area contributed by atoms with E-state index in [0.29, 0.717) is 23.7 Å². The van der Waals surface area contributed by atoms with Crippen molar-refractivity contribution in [1.29, 1.82) is 0 Å². The molecule has 11 heteroatoms. The molecule has 4 rings (SSSR count). The Kier molecular flexibility index (Phi) is 3.47. The topological polar surface area (TPSA) is 110 Å². The summed E-state index contributed by atoms with van der Waals surface area (Å²) in [5.41, 5.74) is 1.67. The molecule has 0 spiro atoms. The summed E-state index contributed by atoms with van der Waals surface area (Å²) in [6, 6.07) is 3.05. The first-order valence-corrected chi connectivity index (χ1v) is 8.53. The molecule has 0 saturated carbocycles. The van der Waals surface area contributed by atoms with E-state index in [9.17, 15) is 9.59 Å². The molecule has 4 heterocycles. The van der Waals surface area contributed by atoms with Gasteiger partial charge < -0.3 is 20.1 Å². The summed E-state index contributed by atoms with van der Waals surface area (Å²) in [7, 11) is 3.51. The lowest BCUT2D eigenvalue weighted by molar-refractivity contribution is 0.0958. The molecule has 1 aliphatic heterocycles. The van der Waals surface area contributed by atoms with Gasteiger partial charge in [-0.2, -0.15) is 0 Å². The molecule has 144 valence electrons. The van der Waals surface area contributed by atoms with Crippen molar-refractivity contribution in [3.8, 4) is 5.69 Å². The monoisotopic (exact) mass is 403 g/mol. The highest BCUT2D eigenvalue weighted by atomic mass is 35.5. The average Bonchev–Trinajstić information content (AvgIpc) is 2.94. The molecule has 0 aliphatic carbocycles. The number of anilines is 3. The number of rotatable bonds is 3. The van der Waals surface area contributed by atoms with Crippen LogP contribution in [0, 0.1) is 0 Å². The third kappa shape index (κ3) is 2.78. The van der Waals surface area contributed by atoms with Crippen LogP contribution in [-0.4, -0.2) is 44.2 Å². The highest BCUT2D eigenvalue weighted by molar-refractivity contribution is 6.29. The Balaban J connectivity index is 1.80. The fourth-order valence-corrected chi connectivity index (χ4v) is 3.37. The van der Waals surface area contributed by atoms with Gasteiger partial charge in [-0.05, 0) is 6.07 Å². The number of hydrogen-bond acceptors (Lipinski definition) is 7. The van der Waals surface area contributed by atoms with E-state index in [1.807, 2.05) is 17.3 Å². The molecule has 0 radical (unpaired) electrons. The minimum atomic E-state index is -2.70. The summed E-state index contributed by atoms with van der Waals surface area (Å²) in [6.45, 7) is -2.25. The summed E-state index contributed by atoms with van der Waals surface area (Å²) >= 11 is 5.95. The predicted molar refractivity (Wildman–Crippen MR) is 105 cm³/mol. The zero-order chi connectivity index (χ0) is 22.5. The van der Waals surface area contributed by atoms with E-state index in [1.165, 1.54) is 16.8 Å². The van der Waals surface area contributed by atoms with Crippen molar-refractivity contribution in [2.45, 2.75) is 6.54 Å². The first-order valence-electron chi connectivity index (χ1n) is 9.65. The van der Waals surface area contributed by atoms with E-state index in [2.05, 4.69) is 20.5 Å². The minimum absolute atomic E-state index is 0.00680. The van der Waals surface area contributed by atoms with E-state index in [0.717, 1.165) is 5.69 Å². The van der Waals surface area contributed by atoms with Gasteiger partial charge in [0.2, 0.25) is 0 Å². The molecule has 0 bridgehead atoms. The largest absolute Gasteiger partial charge is 0.364 e. The molecule has 10 nitrogen and oxygen atoms in total. The van der Waals surface area contributed by atoms with Gasteiger partial charge >= 0.3 is 5.69 Å². The van der Waals surface area contributed by atoms with Crippen LogP contribution in [0.25, 0.3) is 5.69 Å². The molecule has 1 amide bonds. The van der Waals surface area contributed by atoms with Crippen LogP contribution in [0.2, 0.25) is 5.15 Å². The molecule has 3 aromatic heterocycles. The van der Waals surface area contributed by atoms with Gasteiger partial charge in [0.05, 0.1) is 23.6 Å². The van der Waals surface area contributed by atoms with Crippen LogP contribution in [0.4, 0.5) is 17.2 Å². The number of amides is 1. The SMILES string of the molecule is [2H]C([2H])([2H])NC(=O)c1nnc(Cl)cc1Nc1nccc2c1N(C)Cc1cn(C)c(=O)n1-2. The standard InChI is InChI=1S/C17H17ClN8O2/c1-19-16(27)13-10(6-12(18)22-23-13)21-15-14-11(4-5-20-15)26-9(7-24(14)2)8-25(3)17(26)28/h4-6,8H,7H2,1-3H3,(H,19,27)(H,20,21,22)/i1D3. The van der Waals surface area contributed by atoms with Crippen molar-refractivity contribution in [1.82, 2.24) is 29.6 Å². The highest BCUT2D eigenvalue weighted by Gasteiger charge is 2.26. The van der Waals surface area contributed by atoms with E-state index in [4.69, 9.17) is 15.7 Å². The molecular weight excluding hydrogens is 384 g/mol. The first kappa shape index (κ1) is 14.6. The number of aryl methyl sites for hydroxylation is 1. The van der Waals surface area contributed by atoms with E-state index in [-0.39, 0.29) is 22.2 Å². The number of fused-ring (bicyclic) bond motifs is 3. The van der Waals surface area contributed by atoms with Gasteiger partial charge in [0.15, 0.2) is 16.7 Å². The van der Waals surface area contributed by atoms with Gasteiger partial charge in [-0.3, -0.25) is 9.36 Å². The Hall–Kier alpha value is -3.40. The quantitative estimate of drug-likeness (QED) is 0.673. The zero-order valence-corrected chi connectivity index (χ0v) is 15.7. The highest BCUT2D eigenvalue weighted by Crippen LogP contribution is 2.36. The number of halogens is 1. The fourth-order valence-electron chi connectivity index (χ4n) is 3.22. The number of aromatic nitrogens is 5. The van der Waals surface area contributed by atoms with Crippen molar-refractivity contribution in [2.24, 2.45) is 7.05 Å². The molecule has 1 aliphatic rings. The number of carbonyl (C=O) groups is 1. The summed E-state index contributed by atoms with van der Waals surface area (Å²) in [5.74, 6) is -0.625. The lowest BCUT2D eigenvalue weighted by atomic mass is 10.2. The van der Waals surface area contributed by atoms with Gasteiger partial charge in [-0.1, -0.05) is 11.6 Å². The zero-order valence-electron chi connectivity index (χ0n) is 17.9. The van der Waals surface area contributed by atoms with E-state index < -0.39 is 12.9 Å². The van der Waals surface area contributed by atoms with Crippen LogP contribution in [0.5, 0.6) is 0 Å². The molecular formula is C17H17ClN8O2. The maximum atomic E-state index is 12.6. The second-order valence-electron chi connectivity index (χ2n) is 6.24. The van der Waals surface area contributed by atoms with Crippen molar-refractivity contribution >= 4 is 34.7 Å². The maximum absolute atomic E-state index is 12.6. The second-order valence-corrected chi connectivity index (χ2v) is 6.63. The number of pyridine rings is 1. The summed E-state index contributed by atoms with van der Waals surface area (Å²) in [4.78, 5) is 31.3. The Morgan fingerprint density at radius 1 is 1.36 bits per heavy atom. The minimum Gasteiger partial charge on any atom is -0.364 e. The Bertz CT molecular complexity index is 1250. The molecule has 0 atom stereocenters. The second kappa shape index (κ2) is 6.64. The van der Waals surface area contributed by atoms with Gasteiger partial charge in [0.1, 0.15) is 5.69 Å². The number of nitrogens with one attached hydrogen (secondary N) is 2. The molecule has 0 fully saturated rings. The lowest BCUT2D eigenvalue weighted by Gasteiger charge is -2.30. The normalized spacial score (nSPS) is 14.4. The number of imidazole rings is 1. The molecule has 0 saturated heterocycles. The smallest absolute Gasteiger partial charge is 0.332 e. The number of nitrogens with zero attached hydrogens (tertiary/aromatic N) is 6. The molecule has 2 N–H and O–H groups in total. The Morgan fingerprint density at radius 3 is 2.96 bits per heavy atom. The van der Waals surface area contributed by atoms with E-state index in [1.54, 1.807) is 23.9 Å². The number of hydrogen-bond donors (Lipinski definition) is 2. The van der Waals surface area contributed by atoms with Crippen molar-refractivity contribution in [2.75, 3.05) is 24.2 Å². The Labute approximate surface area is 169 Å². The van der Waals surface area contributed by atoms with Crippen LogP contribution >= 0.6 is 11.6 Å². The predicted octanol–water partition coefficient (Wildman–Crippen LogP) is 1.07. The third-order valence-electron chi connectivity index (χ3n) is 4.39. The Morgan fingerprint density at radius 2 is 2.18 bits per heavy atom. The summed E-state index contributed by atoms with van der Waals surface area (Å²) in [6.07, 6.45) is 3.28. The van der Waals surface area contributed by atoms with Crippen LogP contribution in [0.3, 0.4) is 0 Å². The number of carbonyl (C=O) groups excluding carboxylic acids is 1. The van der Waals surface area contributed by atoms with E-state index >= 15 is 0 Å². The lowest BCUT2D eigenvalue weighted by Crippen LogP contribution is -2.31. The first-order chi connectivity index (χ1) is 14.5. The van der Waals surface area contributed by atoms with Crippen molar-refractivity contribution in [3.05, 3.63) is 51.6 Å². The molecule has 0 unspecified atom stereocenters. The van der Waals surface area contributed by atoms with Gasteiger partial charge in [0.25, 0.3) is 5.91 Å². The van der Waals surface area contributed by atoms with Crippen LogP contribution in [0.15, 0.2) is 29.3 Å². The molecule has 0 aromatic carbocycles. The third-order valence-corrected chi connectivity index (χ3v) is 4.58. The van der Waals surface area contributed by atoms with Gasteiger partial charge in [-0.15, -0.1) is 10.2 Å². The van der Waals surface area contributed by atoms with Crippen molar-refractivity contribution in [3.63, 3.8) is 0 Å². The average molecular weight is 404 g/mol. The van der Waals surface area contributed by atoms with Crippen LogP contribution in [0.1, 0.15) is 20.3 Å². The summed E-state index contributed by atoms with van der Waals surface area (Å²) in [5, 5.41) is 12.2. The van der Waals surface area contributed by atoms with Gasteiger partial charge in [0, 0.05) is 43.6 Å². The summed E-state index contributed by atoms with van der Waals surface area (Å²) < 4.78 is 24.8. The van der Waals surface area contributed by atoms with Gasteiger partial charge in [-0.25, -0.2) is 9.78 Å². The van der Waals surface area contributed by atoms with Crippen LogP contribution in [-0.2, 0) is 13.6 Å². The maximum Gasteiger partial charge on any atom is 0.332 e. The fraction of sp³-hybridized carbons (Fsp3) is 0.235. The molecule has 28 heavy (non-hydrogen) atoms. The van der Waals surface area contributed by atoms with Crippen molar-refractivity contribution < 1.29 is 8.91 Å². The van der Waals surface area contributed by atoms with Crippen LogP contribution < -0.4 is 21.2 Å².